The van der Waals surface area contributed by atoms with E-state index in [0.717, 1.165) is 23.4 Å². The number of nitrogens with zero attached hydrogens (tertiary/aromatic N) is 2. The molecule has 0 aliphatic carbocycles. The number of hydrogen-bond donors (Lipinski definition) is 1. The third kappa shape index (κ3) is 2.99. The summed E-state index contributed by atoms with van der Waals surface area (Å²) in [6, 6.07) is 5.30. The Labute approximate surface area is 116 Å². The fraction of sp³-hybridized carbons (Fsp3) is 0.231. The van der Waals surface area contributed by atoms with E-state index >= 15 is 0 Å². The number of halogens is 2. The van der Waals surface area contributed by atoms with E-state index in [2.05, 4.69) is 15.3 Å². The largest absolute Gasteiger partial charge is 0.316 e. The molecule has 94 valence electrons. The predicted octanol–water partition coefficient (Wildman–Crippen LogP) is 3.48. The molecule has 0 atom stereocenters. The first-order chi connectivity index (χ1) is 8.60. The van der Waals surface area contributed by atoms with Crippen LogP contribution in [-0.4, -0.2) is 17.0 Å². The average Bonchev–Trinajstić information content (AvgIpc) is 2.30. The summed E-state index contributed by atoms with van der Waals surface area (Å²) in [5.74, 6) is 0.636. The zero-order chi connectivity index (χ0) is 13.1. The molecule has 0 saturated carbocycles. The predicted molar refractivity (Wildman–Crippen MR) is 75.0 cm³/mol. The van der Waals surface area contributed by atoms with Gasteiger partial charge in [0.05, 0.1) is 0 Å². The van der Waals surface area contributed by atoms with Crippen LogP contribution in [0.15, 0.2) is 24.4 Å². The van der Waals surface area contributed by atoms with Crippen molar-refractivity contribution in [3.63, 3.8) is 0 Å². The summed E-state index contributed by atoms with van der Waals surface area (Å²) >= 11 is 11.9. The van der Waals surface area contributed by atoms with Gasteiger partial charge in [-0.1, -0.05) is 23.2 Å². The molecule has 2 rings (SSSR count). The first kappa shape index (κ1) is 13.3. The van der Waals surface area contributed by atoms with Crippen molar-refractivity contribution >= 4 is 23.2 Å². The summed E-state index contributed by atoms with van der Waals surface area (Å²) in [5, 5.41) is 4.24. The molecule has 0 amide bonds. The van der Waals surface area contributed by atoms with Gasteiger partial charge in [0.25, 0.3) is 0 Å². The lowest BCUT2D eigenvalue weighted by Crippen LogP contribution is -2.08. The summed E-state index contributed by atoms with van der Waals surface area (Å²) in [4.78, 5) is 8.82. The zero-order valence-corrected chi connectivity index (χ0v) is 11.7. The normalized spacial score (nSPS) is 10.7. The lowest BCUT2D eigenvalue weighted by atomic mass is 10.2. The van der Waals surface area contributed by atoms with Crippen molar-refractivity contribution in [3.8, 4) is 11.4 Å². The highest BCUT2D eigenvalue weighted by molar-refractivity contribution is 6.35. The van der Waals surface area contributed by atoms with Crippen molar-refractivity contribution in [2.24, 2.45) is 0 Å². The number of aromatic nitrogens is 2. The van der Waals surface area contributed by atoms with Gasteiger partial charge in [0.1, 0.15) is 0 Å². The van der Waals surface area contributed by atoms with Gasteiger partial charge in [0, 0.05) is 39.6 Å². The van der Waals surface area contributed by atoms with Crippen LogP contribution in [0.25, 0.3) is 11.4 Å². The van der Waals surface area contributed by atoms with Gasteiger partial charge >= 0.3 is 0 Å². The first-order valence-electron chi connectivity index (χ1n) is 5.53. The first-order valence-corrected chi connectivity index (χ1v) is 6.29. The van der Waals surface area contributed by atoms with Crippen molar-refractivity contribution in [2.75, 3.05) is 7.05 Å². The van der Waals surface area contributed by atoms with E-state index < -0.39 is 0 Å². The third-order valence-corrected chi connectivity index (χ3v) is 3.01. The summed E-state index contributed by atoms with van der Waals surface area (Å²) in [5.41, 5.74) is 2.85. The van der Waals surface area contributed by atoms with E-state index in [4.69, 9.17) is 23.2 Å². The van der Waals surface area contributed by atoms with Crippen LogP contribution in [-0.2, 0) is 6.54 Å². The average molecular weight is 282 g/mol. The van der Waals surface area contributed by atoms with E-state index in [-0.39, 0.29) is 0 Å². The number of rotatable bonds is 3. The van der Waals surface area contributed by atoms with Crippen LogP contribution in [0.2, 0.25) is 10.0 Å². The van der Waals surface area contributed by atoms with Crippen LogP contribution in [0.4, 0.5) is 0 Å². The van der Waals surface area contributed by atoms with Crippen LogP contribution in [0, 0.1) is 6.92 Å². The van der Waals surface area contributed by atoms with Crippen molar-refractivity contribution in [3.05, 3.63) is 45.7 Å². The fourth-order valence-corrected chi connectivity index (χ4v) is 2.20. The molecule has 5 heteroatoms. The molecule has 0 aliphatic rings. The Morgan fingerprint density at radius 3 is 2.39 bits per heavy atom. The Morgan fingerprint density at radius 1 is 1.17 bits per heavy atom. The van der Waals surface area contributed by atoms with E-state index in [1.807, 2.05) is 20.2 Å². The molecule has 18 heavy (non-hydrogen) atoms. The smallest absolute Gasteiger partial charge is 0.159 e. The van der Waals surface area contributed by atoms with Gasteiger partial charge in [-0.2, -0.15) is 0 Å². The van der Waals surface area contributed by atoms with Crippen molar-refractivity contribution in [1.82, 2.24) is 15.3 Å². The minimum absolute atomic E-state index is 0.582. The van der Waals surface area contributed by atoms with Gasteiger partial charge in [-0.3, -0.25) is 0 Å². The minimum atomic E-state index is 0.582. The van der Waals surface area contributed by atoms with Crippen LogP contribution in [0.3, 0.4) is 0 Å². The Kier molecular flexibility index (Phi) is 4.17. The SMILES string of the molecule is CNCc1cnc(-c2cc(Cl)cc(Cl)c2)nc1C. The quantitative estimate of drug-likeness (QED) is 0.936. The standard InChI is InChI=1S/C13H13Cl2N3/c1-8-10(6-16-2)7-17-13(18-8)9-3-11(14)5-12(15)4-9/h3-5,7,16H,6H2,1-2H3. The zero-order valence-electron chi connectivity index (χ0n) is 10.2. The highest BCUT2D eigenvalue weighted by atomic mass is 35.5. The highest BCUT2D eigenvalue weighted by Crippen LogP contribution is 2.25. The lowest BCUT2D eigenvalue weighted by molar-refractivity contribution is 0.797. The highest BCUT2D eigenvalue weighted by Gasteiger charge is 2.07. The Morgan fingerprint density at radius 2 is 1.83 bits per heavy atom. The molecule has 0 radical (unpaired) electrons. The number of hydrogen-bond acceptors (Lipinski definition) is 3. The van der Waals surface area contributed by atoms with E-state index in [9.17, 15) is 0 Å². The molecule has 1 aromatic heterocycles. The Bertz CT molecular complexity index is 550. The van der Waals surface area contributed by atoms with Crippen LogP contribution >= 0.6 is 23.2 Å². The van der Waals surface area contributed by atoms with Gasteiger partial charge in [0.2, 0.25) is 0 Å². The molecular weight excluding hydrogens is 269 g/mol. The van der Waals surface area contributed by atoms with Gasteiger partial charge in [0.15, 0.2) is 5.82 Å². The van der Waals surface area contributed by atoms with E-state index in [0.29, 0.717) is 15.9 Å². The minimum Gasteiger partial charge on any atom is -0.316 e. The molecule has 2 aromatic rings. The van der Waals surface area contributed by atoms with Crippen molar-refractivity contribution < 1.29 is 0 Å². The van der Waals surface area contributed by atoms with Crippen LogP contribution in [0.5, 0.6) is 0 Å². The number of benzene rings is 1. The summed E-state index contributed by atoms with van der Waals surface area (Å²) in [7, 11) is 1.89. The molecule has 1 heterocycles. The Hall–Kier alpha value is -1.16. The van der Waals surface area contributed by atoms with Gasteiger partial charge in [-0.25, -0.2) is 9.97 Å². The van der Waals surface area contributed by atoms with Gasteiger partial charge in [-0.05, 0) is 32.2 Å². The summed E-state index contributed by atoms with van der Waals surface area (Å²) < 4.78 is 0. The molecule has 0 spiro atoms. The Balaban J connectivity index is 2.42. The molecule has 0 aliphatic heterocycles. The lowest BCUT2D eigenvalue weighted by Gasteiger charge is -2.07. The van der Waals surface area contributed by atoms with Crippen LogP contribution < -0.4 is 5.32 Å². The maximum atomic E-state index is 5.97. The van der Waals surface area contributed by atoms with E-state index in [1.165, 1.54) is 0 Å². The summed E-state index contributed by atoms with van der Waals surface area (Å²) in [6.45, 7) is 2.71. The molecule has 0 fully saturated rings. The molecule has 0 unspecified atom stereocenters. The second-order valence-electron chi connectivity index (χ2n) is 3.99. The van der Waals surface area contributed by atoms with Gasteiger partial charge < -0.3 is 5.32 Å². The number of nitrogens with one attached hydrogen (secondary N) is 1. The molecule has 1 aromatic carbocycles. The van der Waals surface area contributed by atoms with Crippen molar-refractivity contribution in [2.45, 2.75) is 13.5 Å². The molecule has 0 saturated heterocycles. The second kappa shape index (κ2) is 5.65. The monoisotopic (exact) mass is 281 g/mol. The number of aryl methyl sites for hydroxylation is 1. The topological polar surface area (TPSA) is 37.8 Å². The van der Waals surface area contributed by atoms with Gasteiger partial charge in [-0.15, -0.1) is 0 Å². The summed E-state index contributed by atoms with van der Waals surface area (Å²) in [6.07, 6.45) is 1.82. The molecular formula is C13H13Cl2N3. The fourth-order valence-electron chi connectivity index (χ4n) is 1.68. The van der Waals surface area contributed by atoms with Crippen molar-refractivity contribution in [1.29, 1.82) is 0 Å². The molecule has 0 bridgehead atoms. The molecule has 3 nitrogen and oxygen atoms in total. The molecule has 1 N–H and O–H groups in total. The second-order valence-corrected chi connectivity index (χ2v) is 4.87. The third-order valence-electron chi connectivity index (χ3n) is 2.57. The van der Waals surface area contributed by atoms with Crippen LogP contribution in [0.1, 0.15) is 11.3 Å². The van der Waals surface area contributed by atoms with E-state index in [1.54, 1.807) is 18.2 Å². The maximum absolute atomic E-state index is 5.97. The maximum Gasteiger partial charge on any atom is 0.159 e.